The fourth-order valence-corrected chi connectivity index (χ4v) is 4.11. The molecule has 0 spiro atoms. The van der Waals surface area contributed by atoms with Crippen molar-refractivity contribution >= 4 is 15.7 Å². The van der Waals surface area contributed by atoms with Gasteiger partial charge in [-0.05, 0) is 51.1 Å². The molecule has 118 valence electrons. The first-order valence-electron chi connectivity index (χ1n) is 7.21. The molecule has 1 saturated carbocycles. The van der Waals surface area contributed by atoms with Crippen molar-refractivity contribution < 1.29 is 8.42 Å². The average molecular weight is 311 g/mol. The highest BCUT2D eigenvalue weighted by molar-refractivity contribution is 7.88. The van der Waals surface area contributed by atoms with Gasteiger partial charge in [0.1, 0.15) is 0 Å². The van der Waals surface area contributed by atoms with E-state index in [1.807, 2.05) is 14.1 Å². The zero-order valence-electron chi connectivity index (χ0n) is 13.0. The zero-order chi connectivity index (χ0) is 15.7. The summed E-state index contributed by atoms with van der Waals surface area (Å²) in [7, 11) is 2.40. The Balaban J connectivity index is 2.08. The number of hydrogen-bond donors (Lipinski definition) is 1. The predicted molar refractivity (Wildman–Crippen MR) is 86.4 cm³/mol. The molecule has 0 bridgehead atoms. The number of benzene rings is 1. The van der Waals surface area contributed by atoms with Crippen LogP contribution in [0.1, 0.15) is 24.8 Å². The third-order valence-corrected chi connectivity index (χ3v) is 6.30. The lowest BCUT2D eigenvalue weighted by Crippen LogP contribution is -2.57. The number of nitrogens with zero attached hydrogens (tertiary/aromatic N) is 2. The molecule has 0 heterocycles. The topological polar surface area (TPSA) is 66.6 Å². The van der Waals surface area contributed by atoms with E-state index in [0.717, 1.165) is 18.4 Å². The lowest BCUT2D eigenvalue weighted by Gasteiger charge is -2.49. The third kappa shape index (κ3) is 3.56. The lowest BCUT2D eigenvalue weighted by atomic mass is 9.75. The van der Waals surface area contributed by atoms with E-state index in [9.17, 15) is 8.42 Å². The van der Waals surface area contributed by atoms with Crippen molar-refractivity contribution in [1.29, 1.82) is 0 Å². The fraction of sp³-hybridized carbons (Fsp3) is 0.600. The maximum atomic E-state index is 12.5. The number of likely N-dealkylation sites (N-methyl/N-ethyl adjacent to an activating group) is 2. The second-order valence-electron chi connectivity index (χ2n) is 6.23. The highest BCUT2D eigenvalue weighted by Crippen LogP contribution is 2.37. The summed E-state index contributed by atoms with van der Waals surface area (Å²) in [6.07, 6.45) is 3.28. The van der Waals surface area contributed by atoms with Crippen LogP contribution >= 0.6 is 0 Å². The minimum atomic E-state index is -3.32. The van der Waals surface area contributed by atoms with Gasteiger partial charge in [-0.1, -0.05) is 12.1 Å². The number of nitrogen functional groups attached to an aromatic ring is 1. The maximum absolute atomic E-state index is 12.5. The molecule has 1 aromatic rings. The molecule has 0 amide bonds. The molecule has 2 rings (SSSR count). The minimum Gasteiger partial charge on any atom is -0.399 e. The molecule has 0 atom stereocenters. The summed E-state index contributed by atoms with van der Waals surface area (Å²) in [6.45, 7) is 0.546. The monoisotopic (exact) mass is 311 g/mol. The summed E-state index contributed by atoms with van der Waals surface area (Å²) < 4.78 is 26.5. The summed E-state index contributed by atoms with van der Waals surface area (Å²) in [6, 6.07) is 7.06. The number of sulfonamides is 1. The van der Waals surface area contributed by atoms with Gasteiger partial charge < -0.3 is 10.6 Å². The molecule has 1 aliphatic rings. The van der Waals surface area contributed by atoms with Gasteiger partial charge in [-0.25, -0.2) is 12.7 Å². The number of anilines is 1. The Morgan fingerprint density at radius 3 is 2.38 bits per heavy atom. The molecule has 0 saturated heterocycles. The van der Waals surface area contributed by atoms with Crippen LogP contribution in [-0.2, 0) is 15.8 Å². The second-order valence-corrected chi connectivity index (χ2v) is 8.31. The molecular weight excluding hydrogens is 286 g/mol. The first-order chi connectivity index (χ1) is 9.75. The Hall–Kier alpha value is -1.11. The van der Waals surface area contributed by atoms with Crippen LogP contribution < -0.4 is 5.73 Å². The van der Waals surface area contributed by atoms with Crippen molar-refractivity contribution in [2.45, 2.75) is 30.6 Å². The Bertz CT molecular complexity index is 595. The molecule has 0 unspecified atom stereocenters. The van der Waals surface area contributed by atoms with E-state index < -0.39 is 10.0 Å². The molecule has 6 heteroatoms. The molecule has 2 N–H and O–H groups in total. The van der Waals surface area contributed by atoms with Crippen LogP contribution in [0.25, 0.3) is 0 Å². The van der Waals surface area contributed by atoms with Gasteiger partial charge in [0, 0.05) is 24.8 Å². The van der Waals surface area contributed by atoms with Crippen molar-refractivity contribution in [3.63, 3.8) is 0 Å². The van der Waals surface area contributed by atoms with Crippen molar-refractivity contribution in [3.05, 3.63) is 29.8 Å². The lowest BCUT2D eigenvalue weighted by molar-refractivity contribution is 0.0455. The van der Waals surface area contributed by atoms with Crippen LogP contribution in [0.4, 0.5) is 5.69 Å². The highest BCUT2D eigenvalue weighted by atomic mass is 32.2. The van der Waals surface area contributed by atoms with E-state index in [1.54, 1.807) is 31.3 Å². The predicted octanol–water partition coefficient (Wildman–Crippen LogP) is 1.51. The van der Waals surface area contributed by atoms with Gasteiger partial charge in [0.15, 0.2) is 0 Å². The van der Waals surface area contributed by atoms with E-state index in [4.69, 9.17) is 5.73 Å². The summed E-state index contributed by atoms with van der Waals surface area (Å²) in [5, 5.41) is 0. The summed E-state index contributed by atoms with van der Waals surface area (Å²) in [5.74, 6) is -0.00194. The molecule has 1 fully saturated rings. The van der Waals surface area contributed by atoms with Crippen molar-refractivity contribution in [2.75, 3.05) is 33.4 Å². The van der Waals surface area contributed by atoms with E-state index in [2.05, 4.69) is 4.90 Å². The van der Waals surface area contributed by atoms with Gasteiger partial charge >= 0.3 is 0 Å². The van der Waals surface area contributed by atoms with Crippen LogP contribution in [-0.4, -0.2) is 50.8 Å². The SMILES string of the molecule is CN(C)C1(CN(C)S(=O)(=O)Cc2cccc(N)c2)CCC1. The van der Waals surface area contributed by atoms with Gasteiger partial charge in [0.05, 0.1) is 5.75 Å². The van der Waals surface area contributed by atoms with Crippen LogP contribution in [0.2, 0.25) is 0 Å². The zero-order valence-corrected chi connectivity index (χ0v) is 13.9. The van der Waals surface area contributed by atoms with Crippen LogP contribution in [0.5, 0.6) is 0 Å². The Labute approximate surface area is 127 Å². The summed E-state index contributed by atoms with van der Waals surface area (Å²) in [4.78, 5) is 2.16. The van der Waals surface area contributed by atoms with Crippen molar-refractivity contribution in [1.82, 2.24) is 9.21 Å². The number of hydrogen-bond acceptors (Lipinski definition) is 4. The van der Waals surface area contributed by atoms with Gasteiger partial charge in [0.2, 0.25) is 10.0 Å². The largest absolute Gasteiger partial charge is 0.399 e. The molecule has 1 aliphatic carbocycles. The van der Waals surface area contributed by atoms with E-state index >= 15 is 0 Å². The first-order valence-corrected chi connectivity index (χ1v) is 8.82. The van der Waals surface area contributed by atoms with Crippen LogP contribution in [0.15, 0.2) is 24.3 Å². The minimum absolute atomic E-state index is 0.00194. The van der Waals surface area contributed by atoms with Crippen molar-refractivity contribution in [3.8, 4) is 0 Å². The summed E-state index contributed by atoms with van der Waals surface area (Å²) in [5.41, 5.74) is 7.03. The van der Waals surface area contributed by atoms with Gasteiger partial charge in [-0.3, -0.25) is 0 Å². The normalized spacial score (nSPS) is 18.0. The van der Waals surface area contributed by atoms with Gasteiger partial charge in [-0.2, -0.15) is 0 Å². The van der Waals surface area contributed by atoms with Crippen molar-refractivity contribution in [2.24, 2.45) is 0 Å². The summed E-state index contributed by atoms with van der Waals surface area (Å²) >= 11 is 0. The number of rotatable bonds is 6. The smallest absolute Gasteiger partial charge is 0.218 e. The Morgan fingerprint density at radius 2 is 1.90 bits per heavy atom. The second kappa shape index (κ2) is 5.94. The third-order valence-electron chi connectivity index (χ3n) is 4.52. The van der Waals surface area contributed by atoms with Crippen LogP contribution in [0, 0.1) is 0 Å². The quantitative estimate of drug-likeness (QED) is 0.809. The maximum Gasteiger partial charge on any atom is 0.218 e. The molecule has 21 heavy (non-hydrogen) atoms. The molecule has 1 aromatic carbocycles. The van der Waals surface area contributed by atoms with E-state index in [0.29, 0.717) is 12.2 Å². The molecule has 0 aliphatic heterocycles. The fourth-order valence-electron chi connectivity index (χ4n) is 2.85. The molecule has 5 nitrogen and oxygen atoms in total. The highest BCUT2D eigenvalue weighted by Gasteiger charge is 2.41. The standard InChI is InChI=1S/C15H25N3O2S/c1-17(2)15(8-5-9-15)12-18(3)21(19,20)11-13-6-4-7-14(16)10-13/h4,6-7,10H,5,8-9,11-12,16H2,1-3H3. The molecule has 0 radical (unpaired) electrons. The van der Waals surface area contributed by atoms with E-state index in [-0.39, 0.29) is 11.3 Å². The van der Waals surface area contributed by atoms with E-state index in [1.165, 1.54) is 10.7 Å². The average Bonchev–Trinajstić information content (AvgIpc) is 2.32. The van der Waals surface area contributed by atoms with Gasteiger partial charge in [0.25, 0.3) is 0 Å². The molecule has 0 aromatic heterocycles. The van der Waals surface area contributed by atoms with Crippen LogP contribution in [0.3, 0.4) is 0 Å². The first kappa shape index (κ1) is 16.3. The Kier molecular flexibility index (Phi) is 4.60. The number of nitrogens with two attached hydrogens (primary N) is 1. The Morgan fingerprint density at radius 1 is 1.24 bits per heavy atom. The van der Waals surface area contributed by atoms with Gasteiger partial charge in [-0.15, -0.1) is 0 Å². The molecular formula is C15H25N3O2S.